The van der Waals surface area contributed by atoms with E-state index in [2.05, 4.69) is 6.07 Å². The fourth-order valence-corrected chi connectivity index (χ4v) is 1.65. The van der Waals surface area contributed by atoms with Crippen molar-refractivity contribution in [2.75, 3.05) is 18.5 Å². The lowest BCUT2D eigenvalue weighted by Crippen LogP contribution is -2.19. The highest BCUT2D eigenvalue weighted by Gasteiger charge is 2.05. The van der Waals surface area contributed by atoms with E-state index in [4.69, 9.17) is 10.4 Å². The molecule has 0 heterocycles. The maximum absolute atomic E-state index is 10.6. The van der Waals surface area contributed by atoms with Crippen LogP contribution in [-0.4, -0.2) is 24.7 Å². The van der Waals surface area contributed by atoms with Crippen molar-refractivity contribution >= 4 is 17.7 Å². The topological polar surface area (TPSA) is 64.3 Å². The number of nitrogens with zero attached hydrogens (tertiary/aromatic N) is 2. The average molecular weight is 244 g/mol. The van der Waals surface area contributed by atoms with Crippen LogP contribution in [0.15, 0.2) is 24.3 Å². The molecule has 0 atom stereocenters. The highest BCUT2D eigenvalue weighted by Crippen LogP contribution is 2.22. The molecule has 18 heavy (non-hydrogen) atoms. The van der Waals surface area contributed by atoms with E-state index in [0.29, 0.717) is 13.0 Å². The van der Waals surface area contributed by atoms with Gasteiger partial charge in [0.1, 0.15) is 0 Å². The van der Waals surface area contributed by atoms with E-state index >= 15 is 0 Å². The molecule has 1 aromatic carbocycles. The molecule has 4 nitrogen and oxygen atoms in total. The largest absolute Gasteiger partial charge is 0.478 e. The van der Waals surface area contributed by atoms with Crippen LogP contribution >= 0.6 is 0 Å². The van der Waals surface area contributed by atoms with Crippen LogP contribution in [0.5, 0.6) is 0 Å². The van der Waals surface area contributed by atoms with Crippen LogP contribution in [0.2, 0.25) is 0 Å². The third kappa shape index (κ3) is 3.95. The van der Waals surface area contributed by atoms with Crippen molar-refractivity contribution in [3.8, 4) is 6.07 Å². The van der Waals surface area contributed by atoms with Crippen molar-refractivity contribution in [3.63, 3.8) is 0 Å². The van der Waals surface area contributed by atoms with Gasteiger partial charge in [0.15, 0.2) is 0 Å². The standard InChI is InChI=1S/C14H16N2O2/c1-11-4-6-13(16(2)9-3-8-15)12(10-11)5-7-14(17)18/h4-7,10H,3,9H2,1-2H3,(H,17,18)/b7-5+. The fraction of sp³-hybridized carbons (Fsp3) is 0.286. The highest BCUT2D eigenvalue weighted by atomic mass is 16.4. The Morgan fingerprint density at radius 1 is 1.56 bits per heavy atom. The predicted octanol–water partition coefficient (Wildman–Crippen LogP) is 2.44. The summed E-state index contributed by atoms with van der Waals surface area (Å²) in [6.07, 6.45) is 3.14. The molecule has 4 heteroatoms. The Morgan fingerprint density at radius 2 is 2.28 bits per heavy atom. The molecule has 1 N–H and O–H groups in total. The molecule has 1 aromatic rings. The minimum absolute atomic E-state index is 0.437. The maximum atomic E-state index is 10.6. The third-order valence-electron chi connectivity index (χ3n) is 2.56. The van der Waals surface area contributed by atoms with Crippen LogP contribution in [-0.2, 0) is 4.79 Å². The first kappa shape index (κ1) is 13.8. The van der Waals surface area contributed by atoms with E-state index < -0.39 is 5.97 Å². The van der Waals surface area contributed by atoms with Gasteiger partial charge in [-0.05, 0) is 30.7 Å². The van der Waals surface area contributed by atoms with Gasteiger partial charge in [0, 0.05) is 25.4 Å². The Kier molecular flexibility index (Phi) is 4.94. The molecule has 1 rings (SSSR count). The van der Waals surface area contributed by atoms with Crippen molar-refractivity contribution in [3.05, 3.63) is 35.4 Å². The van der Waals surface area contributed by atoms with Gasteiger partial charge in [-0.1, -0.05) is 11.6 Å². The van der Waals surface area contributed by atoms with Gasteiger partial charge >= 0.3 is 5.97 Å². The Hall–Kier alpha value is -2.28. The number of aryl methyl sites for hydroxylation is 1. The van der Waals surface area contributed by atoms with Gasteiger partial charge in [-0.2, -0.15) is 5.26 Å². The van der Waals surface area contributed by atoms with Crippen molar-refractivity contribution in [2.24, 2.45) is 0 Å². The molecule has 0 unspecified atom stereocenters. The molecule has 94 valence electrons. The quantitative estimate of drug-likeness (QED) is 0.808. The van der Waals surface area contributed by atoms with Crippen LogP contribution in [0.25, 0.3) is 6.08 Å². The Labute approximate surface area is 107 Å². The maximum Gasteiger partial charge on any atom is 0.328 e. The first-order valence-electron chi connectivity index (χ1n) is 5.64. The van der Waals surface area contributed by atoms with E-state index in [0.717, 1.165) is 22.9 Å². The number of benzene rings is 1. The smallest absolute Gasteiger partial charge is 0.328 e. The number of hydrogen-bond donors (Lipinski definition) is 1. The second kappa shape index (κ2) is 6.45. The van der Waals surface area contributed by atoms with Crippen molar-refractivity contribution in [1.82, 2.24) is 0 Å². The Balaban J connectivity index is 3.03. The zero-order chi connectivity index (χ0) is 13.5. The molecule has 0 aliphatic heterocycles. The number of carboxylic acids is 1. The molecule has 0 fully saturated rings. The molecule has 0 radical (unpaired) electrons. The van der Waals surface area contributed by atoms with Gasteiger partial charge in [-0.25, -0.2) is 4.79 Å². The summed E-state index contributed by atoms with van der Waals surface area (Å²) in [6.45, 7) is 2.57. The summed E-state index contributed by atoms with van der Waals surface area (Å²) in [5, 5.41) is 17.3. The Bertz CT molecular complexity index is 501. The zero-order valence-corrected chi connectivity index (χ0v) is 10.6. The first-order valence-corrected chi connectivity index (χ1v) is 5.64. The molecular weight excluding hydrogens is 228 g/mol. The molecule has 0 amide bonds. The number of aliphatic carboxylic acids is 1. The van der Waals surface area contributed by atoms with E-state index in [-0.39, 0.29) is 0 Å². The van der Waals surface area contributed by atoms with Gasteiger partial charge in [0.2, 0.25) is 0 Å². The molecule has 0 spiro atoms. The summed E-state index contributed by atoms with van der Waals surface area (Å²) >= 11 is 0. The van der Waals surface area contributed by atoms with E-state index in [1.807, 2.05) is 37.1 Å². The number of carboxylic acid groups (broad SMARTS) is 1. The number of rotatable bonds is 5. The van der Waals surface area contributed by atoms with Crippen LogP contribution in [0, 0.1) is 18.3 Å². The summed E-state index contributed by atoms with van der Waals surface area (Å²) in [5.41, 5.74) is 2.84. The summed E-state index contributed by atoms with van der Waals surface area (Å²) in [7, 11) is 1.89. The SMILES string of the molecule is Cc1ccc(N(C)CCC#N)c(/C=C/C(=O)O)c1. The molecule has 0 saturated carbocycles. The lowest BCUT2D eigenvalue weighted by atomic mass is 10.1. The minimum atomic E-state index is -0.970. The number of carbonyl (C=O) groups is 1. The van der Waals surface area contributed by atoms with Gasteiger partial charge in [0.25, 0.3) is 0 Å². The second-order valence-electron chi connectivity index (χ2n) is 4.06. The van der Waals surface area contributed by atoms with Gasteiger partial charge in [-0.15, -0.1) is 0 Å². The lowest BCUT2D eigenvalue weighted by molar-refractivity contribution is -0.131. The predicted molar refractivity (Wildman–Crippen MR) is 71.3 cm³/mol. The number of nitriles is 1. The molecule has 0 bridgehead atoms. The number of hydrogen-bond acceptors (Lipinski definition) is 3. The van der Waals surface area contributed by atoms with E-state index in [1.54, 1.807) is 6.08 Å². The van der Waals surface area contributed by atoms with Crippen LogP contribution < -0.4 is 4.90 Å². The van der Waals surface area contributed by atoms with E-state index in [1.165, 1.54) is 0 Å². The minimum Gasteiger partial charge on any atom is -0.478 e. The summed E-state index contributed by atoms with van der Waals surface area (Å²) in [4.78, 5) is 12.5. The normalized spacial score (nSPS) is 10.3. The van der Waals surface area contributed by atoms with Crippen LogP contribution in [0.1, 0.15) is 17.5 Å². The lowest BCUT2D eigenvalue weighted by Gasteiger charge is -2.20. The first-order chi connectivity index (χ1) is 8.54. The average Bonchev–Trinajstić information content (AvgIpc) is 2.33. The van der Waals surface area contributed by atoms with Crippen molar-refractivity contribution < 1.29 is 9.90 Å². The summed E-state index contributed by atoms with van der Waals surface area (Å²) in [6, 6.07) is 7.93. The molecule has 0 aromatic heterocycles. The molecular formula is C14H16N2O2. The van der Waals surface area contributed by atoms with Gasteiger partial charge in [-0.3, -0.25) is 0 Å². The molecule has 0 aliphatic rings. The fourth-order valence-electron chi connectivity index (χ4n) is 1.65. The monoisotopic (exact) mass is 244 g/mol. The number of anilines is 1. The van der Waals surface area contributed by atoms with Gasteiger partial charge in [0.05, 0.1) is 12.5 Å². The van der Waals surface area contributed by atoms with Crippen LogP contribution in [0.4, 0.5) is 5.69 Å². The van der Waals surface area contributed by atoms with Crippen molar-refractivity contribution in [1.29, 1.82) is 5.26 Å². The molecule has 0 aliphatic carbocycles. The zero-order valence-electron chi connectivity index (χ0n) is 10.6. The Morgan fingerprint density at radius 3 is 2.89 bits per heavy atom. The summed E-state index contributed by atoms with van der Waals surface area (Å²) < 4.78 is 0. The summed E-state index contributed by atoms with van der Waals surface area (Å²) in [5.74, 6) is -0.970. The highest BCUT2D eigenvalue weighted by molar-refractivity contribution is 5.87. The van der Waals surface area contributed by atoms with Gasteiger partial charge < -0.3 is 10.0 Å². The van der Waals surface area contributed by atoms with Crippen LogP contribution in [0.3, 0.4) is 0 Å². The molecule has 0 saturated heterocycles. The third-order valence-corrected chi connectivity index (χ3v) is 2.56. The van der Waals surface area contributed by atoms with Crippen molar-refractivity contribution in [2.45, 2.75) is 13.3 Å². The second-order valence-corrected chi connectivity index (χ2v) is 4.06. The van der Waals surface area contributed by atoms with E-state index in [9.17, 15) is 4.79 Å².